The summed E-state index contributed by atoms with van der Waals surface area (Å²) in [4.78, 5) is 0. The van der Waals surface area contributed by atoms with Gasteiger partial charge in [0.15, 0.2) is 0 Å². The van der Waals surface area contributed by atoms with Gasteiger partial charge in [0.05, 0.1) is 0 Å². The van der Waals surface area contributed by atoms with Crippen LogP contribution >= 0.6 is 0 Å². The van der Waals surface area contributed by atoms with Gasteiger partial charge >= 0.3 is 0 Å². The topological polar surface area (TPSA) is 26.0 Å². The van der Waals surface area contributed by atoms with E-state index in [1.807, 2.05) is 0 Å². The van der Waals surface area contributed by atoms with E-state index in [1.165, 1.54) is 0 Å². The van der Waals surface area contributed by atoms with Crippen LogP contribution in [0.1, 0.15) is 19.6 Å². The number of hydrogen-bond acceptors (Lipinski definition) is 2. The molecule has 0 atom stereocenters. The minimum atomic E-state index is 0.631. The predicted molar refractivity (Wildman–Crippen MR) is 33.9 cm³/mol. The van der Waals surface area contributed by atoms with Crippen LogP contribution in [0.4, 0.5) is 0 Å². The van der Waals surface area contributed by atoms with E-state index >= 15 is 0 Å². The maximum atomic E-state index is 4.84. The molecular weight excluding hydrogens is 114 g/mol. The lowest BCUT2D eigenvalue weighted by Gasteiger charge is -1.96. The Morgan fingerprint density at radius 2 is 2.56 bits per heavy atom. The molecule has 2 nitrogen and oxygen atoms in total. The fraction of sp³-hybridized carbons (Fsp3) is 0.571. The molecule has 0 unspecified atom stereocenters. The molecule has 0 saturated heterocycles. The first-order valence-corrected chi connectivity index (χ1v) is 3.10. The van der Waals surface area contributed by atoms with Crippen LogP contribution in [0.25, 0.3) is 0 Å². The van der Waals surface area contributed by atoms with E-state index in [1.54, 1.807) is 6.07 Å². The molecule has 0 bridgehead atoms. The van der Waals surface area contributed by atoms with Crippen LogP contribution in [0.15, 0.2) is 10.6 Å². The Hall–Kier alpha value is -0.790. The zero-order valence-corrected chi connectivity index (χ0v) is 5.72. The molecule has 49 valence electrons. The van der Waals surface area contributed by atoms with Crippen LogP contribution in [0, 0.1) is 12.1 Å². The second-order valence-electron chi connectivity index (χ2n) is 2.52. The Labute approximate surface area is 54.9 Å². The summed E-state index contributed by atoms with van der Waals surface area (Å²) in [6, 6.07) is 1.78. The van der Waals surface area contributed by atoms with Gasteiger partial charge < -0.3 is 4.52 Å². The van der Waals surface area contributed by atoms with Crippen molar-refractivity contribution in [3.05, 3.63) is 18.0 Å². The summed E-state index contributed by atoms with van der Waals surface area (Å²) in [5.74, 6) is 1.55. The predicted octanol–water partition coefficient (Wildman–Crippen LogP) is 1.67. The normalized spacial score (nSPS) is 10.6. The van der Waals surface area contributed by atoms with Gasteiger partial charge in [0.1, 0.15) is 12.0 Å². The van der Waals surface area contributed by atoms with Crippen molar-refractivity contribution in [2.75, 3.05) is 0 Å². The van der Waals surface area contributed by atoms with Gasteiger partial charge in [0, 0.05) is 12.5 Å². The van der Waals surface area contributed by atoms with Crippen LogP contribution in [0.5, 0.6) is 0 Å². The molecule has 0 fully saturated rings. The summed E-state index contributed by atoms with van der Waals surface area (Å²) in [5.41, 5.74) is 0. The van der Waals surface area contributed by atoms with Crippen molar-refractivity contribution < 1.29 is 4.52 Å². The molecule has 0 aliphatic carbocycles. The van der Waals surface area contributed by atoms with Crippen molar-refractivity contribution in [2.45, 2.75) is 20.3 Å². The molecule has 1 radical (unpaired) electrons. The molecule has 1 aromatic rings. The summed E-state index contributed by atoms with van der Waals surface area (Å²) in [6.45, 7) is 4.28. The first-order chi connectivity index (χ1) is 4.29. The van der Waals surface area contributed by atoms with Crippen LogP contribution in [0.2, 0.25) is 0 Å². The van der Waals surface area contributed by atoms with Crippen LogP contribution < -0.4 is 0 Å². The second-order valence-corrected chi connectivity index (χ2v) is 2.52. The maximum Gasteiger partial charge on any atom is 0.137 e. The van der Waals surface area contributed by atoms with Crippen LogP contribution in [-0.2, 0) is 6.42 Å². The molecule has 0 N–H and O–H groups in total. The van der Waals surface area contributed by atoms with E-state index in [0.29, 0.717) is 5.92 Å². The van der Waals surface area contributed by atoms with Gasteiger partial charge in [0.2, 0.25) is 0 Å². The molecule has 0 spiro atoms. The largest absolute Gasteiger partial charge is 0.361 e. The van der Waals surface area contributed by atoms with Gasteiger partial charge in [-0.25, -0.2) is 0 Å². The lowest BCUT2D eigenvalue weighted by Crippen LogP contribution is -1.90. The van der Waals surface area contributed by atoms with Gasteiger partial charge in [-0.15, -0.1) is 0 Å². The zero-order chi connectivity index (χ0) is 6.69. The molecule has 1 aromatic heterocycles. The van der Waals surface area contributed by atoms with Crippen LogP contribution in [0.3, 0.4) is 0 Å². The third kappa shape index (κ3) is 1.88. The summed E-state index contributed by atoms with van der Waals surface area (Å²) >= 11 is 0. The van der Waals surface area contributed by atoms with Gasteiger partial charge in [-0.05, 0) is 5.92 Å². The molecule has 0 aliphatic rings. The van der Waals surface area contributed by atoms with E-state index < -0.39 is 0 Å². The first kappa shape index (κ1) is 6.33. The van der Waals surface area contributed by atoms with Crippen molar-refractivity contribution in [3.63, 3.8) is 0 Å². The Morgan fingerprint density at radius 3 is 3.00 bits per heavy atom. The highest BCUT2D eigenvalue weighted by molar-refractivity contribution is 4.91. The first-order valence-electron chi connectivity index (χ1n) is 3.10. The van der Waals surface area contributed by atoms with Crippen LogP contribution in [-0.4, -0.2) is 5.16 Å². The van der Waals surface area contributed by atoms with Gasteiger partial charge in [-0.3, -0.25) is 0 Å². The van der Waals surface area contributed by atoms with E-state index in [2.05, 4.69) is 25.2 Å². The van der Waals surface area contributed by atoms with Gasteiger partial charge in [-0.1, -0.05) is 19.0 Å². The third-order valence-electron chi connectivity index (χ3n) is 1.05. The van der Waals surface area contributed by atoms with E-state index in [-0.39, 0.29) is 0 Å². The summed E-state index contributed by atoms with van der Waals surface area (Å²) < 4.78 is 4.84. The lowest BCUT2D eigenvalue weighted by molar-refractivity contribution is 0.368. The maximum absolute atomic E-state index is 4.84. The Morgan fingerprint density at radius 1 is 1.78 bits per heavy atom. The average Bonchev–Trinajstić information content (AvgIpc) is 2.15. The monoisotopic (exact) mass is 124 g/mol. The van der Waals surface area contributed by atoms with E-state index in [0.717, 1.165) is 12.2 Å². The molecular formula is C7H10NO. The molecule has 2 heteroatoms. The number of rotatable bonds is 2. The summed E-state index contributed by atoms with van der Waals surface area (Å²) in [6.07, 6.45) is 3.57. The highest BCUT2D eigenvalue weighted by atomic mass is 16.5. The van der Waals surface area contributed by atoms with Crippen molar-refractivity contribution in [1.82, 2.24) is 5.16 Å². The number of hydrogen-bond donors (Lipinski definition) is 0. The quantitative estimate of drug-likeness (QED) is 0.599. The summed E-state index contributed by atoms with van der Waals surface area (Å²) in [5, 5.41) is 3.48. The molecule has 1 rings (SSSR count). The Bertz CT molecular complexity index is 155. The van der Waals surface area contributed by atoms with Crippen molar-refractivity contribution in [3.8, 4) is 0 Å². The molecule has 0 aromatic carbocycles. The Kier molecular flexibility index (Phi) is 1.88. The second kappa shape index (κ2) is 2.67. The molecule has 9 heavy (non-hydrogen) atoms. The lowest BCUT2D eigenvalue weighted by atomic mass is 10.1. The van der Waals surface area contributed by atoms with Gasteiger partial charge in [0.25, 0.3) is 0 Å². The van der Waals surface area contributed by atoms with E-state index in [4.69, 9.17) is 4.52 Å². The van der Waals surface area contributed by atoms with Crippen molar-refractivity contribution in [2.24, 2.45) is 5.92 Å². The number of aromatic nitrogens is 1. The standard InChI is InChI=1S/C7H10NO/c1-6(2)5-7-3-4-8-9-7/h3,6H,5H2,1-2H3. The highest BCUT2D eigenvalue weighted by Gasteiger charge is 1.99. The zero-order valence-electron chi connectivity index (χ0n) is 5.72. The minimum absolute atomic E-state index is 0.631. The third-order valence-corrected chi connectivity index (χ3v) is 1.05. The fourth-order valence-corrected chi connectivity index (χ4v) is 0.708. The molecule has 1 heterocycles. The minimum Gasteiger partial charge on any atom is -0.361 e. The SMILES string of the molecule is CC(C)Cc1c[c]no1. The smallest absolute Gasteiger partial charge is 0.137 e. The molecule has 0 saturated carbocycles. The van der Waals surface area contributed by atoms with Crippen molar-refractivity contribution in [1.29, 1.82) is 0 Å². The summed E-state index contributed by atoms with van der Waals surface area (Å²) in [7, 11) is 0. The average molecular weight is 124 g/mol. The van der Waals surface area contributed by atoms with E-state index in [9.17, 15) is 0 Å². The fourth-order valence-electron chi connectivity index (χ4n) is 0.708. The number of nitrogens with zero attached hydrogens (tertiary/aromatic N) is 1. The van der Waals surface area contributed by atoms with Crippen molar-refractivity contribution >= 4 is 0 Å². The van der Waals surface area contributed by atoms with Gasteiger partial charge in [-0.2, -0.15) is 0 Å². The molecule has 0 amide bonds. The Balaban J connectivity index is 2.48. The molecule has 0 aliphatic heterocycles. The highest BCUT2D eigenvalue weighted by Crippen LogP contribution is 2.04.